The quantitative estimate of drug-likeness (QED) is 0.809. The maximum absolute atomic E-state index is 11.7. The van der Waals surface area contributed by atoms with E-state index in [1.807, 2.05) is 11.4 Å². The van der Waals surface area contributed by atoms with Crippen LogP contribution in [0.2, 0.25) is 0 Å². The first kappa shape index (κ1) is 14.9. The van der Waals surface area contributed by atoms with Crippen LogP contribution in [0.3, 0.4) is 0 Å². The minimum atomic E-state index is -4.30. The molecule has 1 unspecified atom stereocenters. The van der Waals surface area contributed by atoms with Crippen LogP contribution in [0.4, 0.5) is 13.2 Å². The van der Waals surface area contributed by atoms with Gasteiger partial charge in [-0.15, -0.1) is 11.3 Å². The molecule has 1 N–H and O–H groups in total. The number of aliphatic hydroxyl groups excluding tert-OH is 1. The summed E-state index contributed by atoms with van der Waals surface area (Å²) in [5.74, 6) is 0. The lowest BCUT2D eigenvalue weighted by Crippen LogP contribution is -2.20. The van der Waals surface area contributed by atoms with Gasteiger partial charge in [-0.1, -0.05) is 0 Å². The van der Waals surface area contributed by atoms with Crippen molar-refractivity contribution in [3.05, 3.63) is 20.8 Å². The molecule has 0 aliphatic heterocycles. The summed E-state index contributed by atoms with van der Waals surface area (Å²) in [5, 5.41) is 11.5. The number of hydrogen-bond acceptors (Lipinski definition) is 3. The van der Waals surface area contributed by atoms with Crippen LogP contribution in [0.1, 0.15) is 11.3 Å². The Kier molecular flexibility index (Phi) is 5.91. The van der Waals surface area contributed by atoms with Gasteiger partial charge in [-0.05, 0) is 33.8 Å². The second-order valence-electron chi connectivity index (χ2n) is 3.51. The Balaban J connectivity index is 2.18. The molecule has 0 amide bonds. The van der Waals surface area contributed by atoms with Gasteiger partial charge < -0.3 is 9.84 Å². The molecular formula is C10H12BrF3O2S. The number of thiophene rings is 1. The zero-order chi connectivity index (χ0) is 12.9. The number of ether oxygens (including phenoxy) is 1. The van der Waals surface area contributed by atoms with Crippen LogP contribution in [-0.2, 0) is 11.2 Å². The number of hydrogen-bond donors (Lipinski definition) is 1. The van der Waals surface area contributed by atoms with Crippen LogP contribution in [0, 0.1) is 0 Å². The number of aliphatic hydroxyl groups is 1. The average Bonchev–Trinajstić information content (AvgIpc) is 2.58. The third kappa shape index (κ3) is 6.40. The molecule has 0 spiro atoms. The van der Waals surface area contributed by atoms with E-state index in [1.165, 1.54) is 11.3 Å². The lowest BCUT2D eigenvalue weighted by molar-refractivity contribution is -0.175. The van der Waals surface area contributed by atoms with Gasteiger partial charge in [-0.2, -0.15) is 13.2 Å². The summed E-state index contributed by atoms with van der Waals surface area (Å²) < 4.78 is 40.6. The normalized spacial score (nSPS) is 13.9. The van der Waals surface area contributed by atoms with E-state index in [0.29, 0.717) is 6.42 Å². The predicted molar refractivity (Wildman–Crippen MR) is 63.2 cm³/mol. The average molecular weight is 333 g/mol. The van der Waals surface area contributed by atoms with Gasteiger partial charge in [0.05, 0.1) is 6.10 Å². The maximum atomic E-state index is 11.7. The Morgan fingerprint density at radius 1 is 1.47 bits per heavy atom. The van der Waals surface area contributed by atoms with Crippen LogP contribution in [-0.4, -0.2) is 30.6 Å². The Bertz CT molecular complexity index is 341. The summed E-state index contributed by atoms with van der Waals surface area (Å²) in [7, 11) is 0. The highest BCUT2D eigenvalue weighted by atomic mass is 79.9. The molecule has 1 atom stereocenters. The Morgan fingerprint density at radius 2 is 2.18 bits per heavy atom. The SMILES string of the molecule is OC(CCOCC(F)(F)F)Cc1sccc1Br. The molecule has 0 saturated carbocycles. The molecule has 0 aliphatic rings. The minimum absolute atomic E-state index is 0.0936. The summed E-state index contributed by atoms with van der Waals surface area (Å²) in [6, 6.07) is 1.87. The zero-order valence-corrected chi connectivity index (χ0v) is 11.2. The van der Waals surface area contributed by atoms with Crippen molar-refractivity contribution in [2.24, 2.45) is 0 Å². The predicted octanol–water partition coefficient (Wildman–Crippen LogP) is 3.38. The van der Waals surface area contributed by atoms with E-state index >= 15 is 0 Å². The molecule has 0 aliphatic carbocycles. The third-order valence-electron chi connectivity index (χ3n) is 1.97. The van der Waals surface area contributed by atoms with Crippen molar-refractivity contribution in [2.45, 2.75) is 25.1 Å². The van der Waals surface area contributed by atoms with Gasteiger partial charge in [0.15, 0.2) is 0 Å². The summed E-state index contributed by atoms with van der Waals surface area (Å²) >= 11 is 4.82. The van der Waals surface area contributed by atoms with E-state index in [-0.39, 0.29) is 13.0 Å². The molecular weight excluding hydrogens is 321 g/mol. The molecule has 1 aromatic heterocycles. The molecule has 2 nitrogen and oxygen atoms in total. The van der Waals surface area contributed by atoms with Gasteiger partial charge in [-0.25, -0.2) is 0 Å². The Labute approximate surface area is 110 Å². The van der Waals surface area contributed by atoms with Gasteiger partial charge in [0, 0.05) is 22.4 Å². The van der Waals surface area contributed by atoms with Crippen molar-refractivity contribution in [3.8, 4) is 0 Å². The van der Waals surface area contributed by atoms with E-state index in [4.69, 9.17) is 0 Å². The van der Waals surface area contributed by atoms with Crippen LogP contribution in [0.5, 0.6) is 0 Å². The first-order valence-electron chi connectivity index (χ1n) is 4.93. The smallest absolute Gasteiger partial charge is 0.393 e. The number of halogens is 4. The summed E-state index contributed by atoms with van der Waals surface area (Å²) in [4.78, 5) is 0.980. The van der Waals surface area contributed by atoms with Crippen LogP contribution in [0.15, 0.2) is 15.9 Å². The lowest BCUT2D eigenvalue weighted by atomic mass is 10.2. The molecule has 1 heterocycles. The molecule has 7 heteroatoms. The van der Waals surface area contributed by atoms with Crippen molar-refractivity contribution in [2.75, 3.05) is 13.2 Å². The molecule has 0 bridgehead atoms. The molecule has 0 aromatic carbocycles. The molecule has 1 aromatic rings. The van der Waals surface area contributed by atoms with E-state index in [9.17, 15) is 18.3 Å². The highest BCUT2D eigenvalue weighted by Gasteiger charge is 2.27. The van der Waals surface area contributed by atoms with Crippen molar-refractivity contribution in [1.82, 2.24) is 0 Å². The van der Waals surface area contributed by atoms with Crippen LogP contribution < -0.4 is 0 Å². The second kappa shape index (κ2) is 6.72. The van der Waals surface area contributed by atoms with E-state index < -0.39 is 18.9 Å². The highest BCUT2D eigenvalue weighted by molar-refractivity contribution is 9.10. The van der Waals surface area contributed by atoms with Crippen molar-refractivity contribution in [1.29, 1.82) is 0 Å². The monoisotopic (exact) mass is 332 g/mol. The summed E-state index contributed by atoms with van der Waals surface area (Å²) in [6.07, 6.45) is -4.37. The van der Waals surface area contributed by atoms with E-state index in [2.05, 4.69) is 20.7 Å². The first-order valence-corrected chi connectivity index (χ1v) is 6.60. The molecule has 98 valence electrons. The Morgan fingerprint density at radius 3 is 2.71 bits per heavy atom. The number of alkyl halides is 3. The standard InChI is InChI=1S/C10H12BrF3O2S/c11-8-2-4-17-9(8)5-7(15)1-3-16-6-10(12,13)14/h2,4,7,15H,1,3,5-6H2. The molecule has 0 fully saturated rings. The van der Waals surface area contributed by atoms with Gasteiger partial charge in [0.25, 0.3) is 0 Å². The summed E-state index contributed by atoms with van der Waals surface area (Å²) in [5.41, 5.74) is 0. The van der Waals surface area contributed by atoms with Crippen LogP contribution >= 0.6 is 27.3 Å². The summed E-state index contributed by atoms with van der Waals surface area (Å²) in [6.45, 7) is -1.36. The van der Waals surface area contributed by atoms with Crippen molar-refractivity contribution < 1.29 is 23.0 Å². The van der Waals surface area contributed by atoms with Crippen molar-refractivity contribution in [3.63, 3.8) is 0 Å². The number of rotatable bonds is 6. The fourth-order valence-electron chi connectivity index (χ4n) is 1.19. The fourth-order valence-corrected chi connectivity index (χ4v) is 2.78. The van der Waals surface area contributed by atoms with E-state index in [0.717, 1.165) is 9.35 Å². The fraction of sp³-hybridized carbons (Fsp3) is 0.600. The van der Waals surface area contributed by atoms with Gasteiger partial charge in [-0.3, -0.25) is 0 Å². The molecule has 17 heavy (non-hydrogen) atoms. The van der Waals surface area contributed by atoms with Gasteiger partial charge >= 0.3 is 6.18 Å². The minimum Gasteiger partial charge on any atom is -0.393 e. The highest BCUT2D eigenvalue weighted by Crippen LogP contribution is 2.24. The maximum Gasteiger partial charge on any atom is 0.411 e. The zero-order valence-electron chi connectivity index (χ0n) is 8.84. The van der Waals surface area contributed by atoms with E-state index in [1.54, 1.807) is 0 Å². The molecule has 0 saturated heterocycles. The Hall–Kier alpha value is -0.110. The molecule has 1 rings (SSSR count). The first-order chi connectivity index (χ1) is 7.88. The van der Waals surface area contributed by atoms with Gasteiger partial charge in [0.2, 0.25) is 0 Å². The largest absolute Gasteiger partial charge is 0.411 e. The van der Waals surface area contributed by atoms with Crippen LogP contribution in [0.25, 0.3) is 0 Å². The second-order valence-corrected chi connectivity index (χ2v) is 5.36. The molecule has 0 radical (unpaired) electrons. The topological polar surface area (TPSA) is 29.5 Å². The lowest BCUT2D eigenvalue weighted by Gasteiger charge is -2.11. The third-order valence-corrected chi connectivity index (χ3v) is 3.92. The van der Waals surface area contributed by atoms with Crippen molar-refractivity contribution >= 4 is 27.3 Å². The van der Waals surface area contributed by atoms with Gasteiger partial charge in [0.1, 0.15) is 6.61 Å².